The first kappa shape index (κ1) is 13.8. The maximum Gasteiger partial charge on any atom is 0.0779 e. The van der Waals surface area contributed by atoms with Gasteiger partial charge in [-0.1, -0.05) is 19.8 Å². The van der Waals surface area contributed by atoms with E-state index in [0.717, 1.165) is 26.2 Å². The van der Waals surface area contributed by atoms with Crippen LogP contribution in [0.3, 0.4) is 0 Å². The Morgan fingerprint density at radius 1 is 1.40 bits per heavy atom. The smallest absolute Gasteiger partial charge is 0.0779 e. The standard InChI is InChI=1S/C16H25N3O/c1-2-17-11-13-12-18-8-7-14(13)19-9-10-20-16-6-4-3-5-15(16)19/h7-8,12,15-17H,2-6,9-11H2,1H3. The summed E-state index contributed by atoms with van der Waals surface area (Å²) in [5, 5.41) is 3.42. The van der Waals surface area contributed by atoms with Crippen molar-refractivity contribution in [3.8, 4) is 0 Å². The third kappa shape index (κ3) is 2.81. The number of hydrogen-bond acceptors (Lipinski definition) is 4. The summed E-state index contributed by atoms with van der Waals surface area (Å²) in [6.45, 7) is 5.88. The van der Waals surface area contributed by atoms with Crippen LogP contribution in [0.4, 0.5) is 5.69 Å². The van der Waals surface area contributed by atoms with Crippen LogP contribution >= 0.6 is 0 Å². The van der Waals surface area contributed by atoms with E-state index in [9.17, 15) is 0 Å². The molecule has 1 N–H and O–H groups in total. The van der Waals surface area contributed by atoms with E-state index in [1.165, 1.54) is 36.9 Å². The lowest BCUT2D eigenvalue weighted by Crippen LogP contribution is -2.53. The van der Waals surface area contributed by atoms with E-state index in [1.54, 1.807) is 0 Å². The van der Waals surface area contributed by atoms with E-state index in [1.807, 2.05) is 12.4 Å². The van der Waals surface area contributed by atoms with Gasteiger partial charge in [-0.2, -0.15) is 0 Å². The summed E-state index contributed by atoms with van der Waals surface area (Å²) in [4.78, 5) is 6.87. The third-order valence-corrected chi connectivity index (χ3v) is 4.48. The van der Waals surface area contributed by atoms with Crippen LogP contribution < -0.4 is 10.2 Å². The molecule has 1 aromatic heterocycles. The third-order valence-electron chi connectivity index (χ3n) is 4.48. The molecule has 1 aliphatic carbocycles. The summed E-state index contributed by atoms with van der Waals surface area (Å²) < 4.78 is 5.98. The van der Waals surface area contributed by atoms with E-state index >= 15 is 0 Å². The number of aromatic nitrogens is 1. The predicted octanol–water partition coefficient (Wildman–Crippen LogP) is 2.34. The van der Waals surface area contributed by atoms with Crippen LogP contribution in [0, 0.1) is 0 Å². The number of ether oxygens (including phenoxy) is 1. The highest BCUT2D eigenvalue weighted by Gasteiger charge is 2.34. The molecule has 4 heteroatoms. The quantitative estimate of drug-likeness (QED) is 0.915. The van der Waals surface area contributed by atoms with Gasteiger partial charge < -0.3 is 15.0 Å². The summed E-state index contributed by atoms with van der Waals surface area (Å²) in [5.74, 6) is 0. The van der Waals surface area contributed by atoms with Gasteiger partial charge in [0.25, 0.3) is 0 Å². The van der Waals surface area contributed by atoms with Crippen LogP contribution in [-0.2, 0) is 11.3 Å². The number of rotatable bonds is 4. The first-order valence-corrected chi connectivity index (χ1v) is 7.92. The Labute approximate surface area is 121 Å². The summed E-state index contributed by atoms with van der Waals surface area (Å²) in [7, 11) is 0. The van der Waals surface area contributed by atoms with Crippen LogP contribution in [0.25, 0.3) is 0 Å². The second-order valence-corrected chi connectivity index (χ2v) is 5.74. The van der Waals surface area contributed by atoms with E-state index in [-0.39, 0.29) is 0 Å². The molecular weight excluding hydrogens is 250 g/mol. The van der Waals surface area contributed by atoms with Crippen molar-refractivity contribution in [1.82, 2.24) is 10.3 Å². The summed E-state index contributed by atoms with van der Waals surface area (Å²) in [6, 6.07) is 2.73. The lowest BCUT2D eigenvalue weighted by atomic mass is 9.89. The molecule has 110 valence electrons. The van der Waals surface area contributed by atoms with Gasteiger partial charge in [-0.05, 0) is 25.5 Å². The number of fused-ring (bicyclic) bond motifs is 1. The molecule has 2 atom stereocenters. The Bertz CT molecular complexity index is 435. The molecule has 0 bridgehead atoms. The zero-order valence-electron chi connectivity index (χ0n) is 12.3. The Kier molecular flexibility index (Phi) is 4.53. The molecule has 4 nitrogen and oxygen atoms in total. The van der Waals surface area contributed by atoms with Crippen molar-refractivity contribution in [2.75, 3.05) is 24.6 Å². The minimum atomic E-state index is 0.428. The average molecular weight is 275 g/mol. The van der Waals surface area contributed by atoms with Crippen molar-refractivity contribution >= 4 is 5.69 Å². The van der Waals surface area contributed by atoms with Crippen LogP contribution in [0.2, 0.25) is 0 Å². The number of pyridine rings is 1. The number of morpholine rings is 1. The molecule has 1 aromatic rings. The number of nitrogens with one attached hydrogen (secondary N) is 1. The monoisotopic (exact) mass is 275 g/mol. The van der Waals surface area contributed by atoms with Gasteiger partial charge in [-0.3, -0.25) is 4.98 Å². The summed E-state index contributed by atoms with van der Waals surface area (Å²) in [5.41, 5.74) is 2.65. The molecule has 1 aliphatic heterocycles. The maximum atomic E-state index is 5.98. The van der Waals surface area contributed by atoms with Crippen LogP contribution in [0.15, 0.2) is 18.5 Å². The molecule has 20 heavy (non-hydrogen) atoms. The normalized spacial score (nSPS) is 26.4. The molecule has 2 heterocycles. The zero-order chi connectivity index (χ0) is 13.8. The van der Waals surface area contributed by atoms with E-state index < -0.39 is 0 Å². The van der Waals surface area contributed by atoms with E-state index in [4.69, 9.17) is 4.74 Å². The minimum absolute atomic E-state index is 0.428. The van der Waals surface area contributed by atoms with Crippen molar-refractivity contribution in [1.29, 1.82) is 0 Å². The number of anilines is 1. The van der Waals surface area contributed by atoms with Gasteiger partial charge in [0.2, 0.25) is 0 Å². The van der Waals surface area contributed by atoms with Crippen LogP contribution in [0.1, 0.15) is 38.2 Å². The molecule has 2 unspecified atom stereocenters. The minimum Gasteiger partial charge on any atom is -0.374 e. The lowest BCUT2D eigenvalue weighted by Gasteiger charge is -2.45. The Balaban J connectivity index is 1.83. The first-order chi connectivity index (χ1) is 9.90. The second kappa shape index (κ2) is 6.55. The van der Waals surface area contributed by atoms with Crippen molar-refractivity contribution in [2.45, 2.75) is 51.3 Å². The maximum absolute atomic E-state index is 5.98. The van der Waals surface area contributed by atoms with Crippen molar-refractivity contribution in [2.24, 2.45) is 0 Å². The molecule has 0 aromatic carbocycles. The number of nitrogens with zero attached hydrogens (tertiary/aromatic N) is 2. The molecule has 0 amide bonds. The first-order valence-electron chi connectivity index (χ1n) is 7.92. The molecule has 1 saturated carbocycles. The van der Waals surface area contributed by atoms with Crippen LogP contribution in [-0.4, -0.2) is 36.8 Å². The Morgan fingerprint density at radius 2 is 2.30 bits per heavy atom. The topological polar surface area (TPSA) is 37.4 Å². The zero-order valence-corrected chi connectivity index (χ0v) is 12.3. The molecule has 1 saturated heterocycles. The van der Waals surface area contributed by atoms with Gasteiger partial charge in [0.05, 0.1) is 18.8 Å². The summed E-state index contributed by atoms with van der Waals surface area (Å²) >= 11 is 0. The largest absolute Gasteiger partial charge is 0.374 e. The average Bonchev–Trinajstić information content (AvgIpc) is 2.53. The van der Waals surface area contributed by atoms with Gasteiger partial charge in [0.15, 0.2) is 0 Å². The highest BCUT2D eigenvalue weighted by molar-refractivity contribution is 5.53. The van der Waals surface area contributed by atoms with Crippen molar-refractivity contribution in [3.05, 3.63) is 24.0 Å². The van der Waals surface area contributed by atoms with Gasteiger partial charge in [0.1, 0.15) is 0 Å². The molecule has 0 spiro atoms. The molecule has 3 rings (SSSR count). The fraction of sp³-hybridized carbons (Fsp3) is 0.688. The molecule has 2 aliphatic rings. The van der Waals surface area contributed by atoms with Gasteiger partial charge in [-0.25, -0.2) is 0 Å². The second-order valence-electron chi connectivity index (χ2n) is 5.74. The Morgan fingerprint density at radius 3 is 3.20 bits per heavy atom. The number of hydrogen-bond donors (Lipinski definition) is 1. The van der Waals surface area contributed by atoms with Gasteiger partial charge in [-0.15, -0.1) is 0 Å². The SMILES string of the molecule is CCNCc1cnccc1N1CCOC2CCCCC21. The fourth-order valence-electron chi connectivity index (χ4n) is 3.49. The van der Waals surface area contributed by atoms with E-state index in [0.29, 0.717) is 12.1 Å². The van der Waals surface area contributed by atoms with Gasteiger partial charge in [0, 0.05) is 36.7 Å². The van der Waals surface area contributed by atoms with Crippen molar-refractivity contribution < 1.29 is 4.74 Å². The predicted molar refractivity (Wildman–Crippen MR) is 81.0 cm³/mol. The highest BCUT2D eigenvalue weighted by Crippen LogP contribution is 2.33. The molecule has 0 radical (unpaired) electrons. The van der Waals surface area contributed by atoms with E-state index in [2.05, 4.69) is 28.2 Å². The van der Waals surface area contributed by atoms with Crippen LogP contribution in [0.5, 0.6) is 0 Å². The van der Waals surface area contributed by atoms with Crippen molar-refractivity contribution in [3.63, 3.8) is 0 Å². The Hall–Kier alpha value is -1.13. The lowest BCUT2D eigenvalue weighted by molar-refractivity contribution is -0.00874. The summed E-state index contributed by atoms with van der Waals surface area (Å²) in [6.07, 6.45) is 9.47. The molecular formula is C16H25N3O. The fourth-order valence-corrected chi connectivity index (χ4v) is 3.49. The van der Waals surface area contributed by atoms with Gasteiger partial charge >= 0.3 is 0 Å². The molecule has 2 fully saturated rings. The highest BCUT2D eigenvalue weighted by atomic mass is 16.5.